The van der Waals surface area contributed by atoms with Crippen LogP contribution in [0.4, 0.5) is 4.39 Å². The Morgan fingerprint density at radius 1 is 1.38 bits per heavy atom. The molecule has 9 nitrogen and oxygen atoms in total. The second-order valence-corrected chi connectivity index (χ2v) is 7.10. The van der Waals surface area contributed by atoms with E-state index in [9.17, 15) is 14.3 Å². The number of allylic oxidation sites excluding steroid dienone is 2. The smallest absolute Gasteiger partial charge is 0.312 e. The minimum Gasteiger partial charge on any atom is -0.481 e. The van der Waals surface area contributed by atoms with Gasteiger partial charge in [-0.1, -0.05) is 16.8 Å². The third-order valence-corrected chi connectivity index (χ3v) is 5.03. The molecule has 2 aliphatic heterocycles. The lowest BCUT2D eigenvalue weighted by Gasteiger charge is -2.24. The van der Waals surface area contributed by atoms with E-state index in [0.29, 0.717) is 31.2 Å². The zero-order chi connectivity index (χ0) is 20.4. The molecule has 0 radical (unpaired) electrons. The van der Waals surface area contributed by atoms with E-state index in [1.165, 1.54) is 23.2 Å². The Morgan fingerprint density at radius 2 is 2.24 bits per heavy atom. The molecule has 150 valence electrons. The van der Waals surface area contributed by atoms with Crippen LogP contribution in [-0.2, 0) is 4.79 Å². The van der Waals surface area contributed by atoms with Crippen molar-refractivity contribution in [1.82, 2.24) is 20.3 Å². The van der Waals surface area contributed by atoms with Crippen LogP contribution in [0.3, 0.4) is 0 Å². The summed E-state index contributed by atoms with van der Waals surface area (Å²) in [5.41, 5.74) is 1.62. The maximum Gasteiger partial charge on any atom is 0.312 e. The van der Waals surface area contributed by atoms with E-state index in [1.54, 1.807) is 12.3 Å². The molecule has 0 aromatic carbocycles. The summed E-state index contributed by atoms with van der Waals surface area (Å²) in [5.74, 6) is -1.18. The van der Waals surface area contributed by atoms with Crippen molar-refractivity contribution in [3.8, 4) is 0 Å². The van der Waals surface area contributed by atoms with Gasteiger partial charge in [-0.05, 0) is 30.6 Å². The Hall–Kier alpha value is -3.14. The SMILES string of the molecule is O=C(O)C1C=NC/C(=C2/CN=C(NC3C=C(Cl)C(F)=CC3)N=C2n2ccnn2)C1. The molecule has 0 saturated carbocycles. The number of aliphatic imine (C=N–C) groups is 3. The molecule has 1 aliphatic carbocycles. The highest BCUT2D eigenvalue weighted by molar-refractivity contribution is 6.31. The maximum atomic E-state index is 13.4. The molecule has 3 heterocycles. The van der Waals surface area contributed by atoms with Gasteiger partial charge in [0.05, 0.1) is 42.5 Å². The highest BCUT2D eigenvalue weighted by Gasteiger charge is 2.27. The summed E-state index contributed by atoms with van der Waals surface area (Å²) in [7, 11) is 0. The molecule has 3 aliphatic rings. The van der Waals surface area contributed by atoms with Gasteiger partial charge in [0, 0.05) is 11.8 Å². The first-order valence-corrected chi connectivity index (χ1v) is 9.33. The molecule has 0 bridgehead atoms. The third-order valence-electron chi connectivity index (χ3n) is 4.73. The molecular weight excluding hydrogens is 401 g/mol. The molecule has 2 unspecified atom stereocenters. The van der Waals surface area contributed by atoms with Crippen molar-refractivity contribution in [3.05, 3.63) is 46.6 Å². The fourth-order valence-electron chi connectivity index (χ4n) is 3.25. The number of halogens is 2. The summed E-state index contributed by atoms with van der Waals surface area (Å²) in [5, 5.41) is 20.3. The first-order valence-electron chi connectivity index (χ1n) is 8.95. The molecule has 1 aromatic rings. The van der Waals surface area contributed by atoms with Crippen LogP contribution in [0.5, 0.6) is 0 Å². The standard InChI is InChI=1S/C18H17ClFN7O2/c19-14-6-12(1-2-15(14)20)24-18-22-9-13(16(25-18)27-4-3-23-26-27)10-5-11(17(28)29)8-21-7-10/h2-4,6,8,11-12H,1,5,7,9H2,(H,22,24)(H,28,29)/b13-10-. The number of aromatic nitrogens is 3. The van der Waals surface area contributed by atoms with Gasteiger partial charge in [-0.15, -0.1) is 5.10 Å². The van der Waals surface area contributed by atoms with E-state index in [0.717, 1.165) is 11.1 Å². The number of aliphatic carboxylic acids is 1. The molecule has 0 spiro atoms. The zero-order valence-corrected chi connectivity index (χ0v) is 15.9. The van der Waals surface area contributed by atoms with Gasteiger partial charge in [-0.25, -0.2) is 14.1 Å². The van der Waals surface area contributed by atoms with Crippen LogP contribution in [0.25, 0.3) is 0 Å². The average Bonchev–Trinajstić information content (AvgIpc) is 3.25. The van der Waals surface area contributed by atoms with Crippen LogP contribution in [-0.4, -0.2) is 63.2 Å². The van der Waals surface area contributed by atoms with Crippen molar-refractivity contribution in [3.63, 3.8) is 0 Å². The summed E-state index contributed by atoms with van der Waals surface area (Å²) < 4.78 is 14.9. The van der Waals surface area contributed by atoms with Crippen molar-refractivity contribution in [2.24, 2.45) is 20.9 Å². The largest absolute Gasteiger partial charge is 0.481 e. The number of carbonyl (C=O) groups is 1. The summed E-state index contributed by atoms with van der Waals surface area (Å²) in [6.07, 6.45) is 8.38. The number of rotatable bonds is 2. The molecule has 4 rings (SSSR count). The van der Waals surface area contributed by atoms with Gasteiger partial charge < -0.3 is 10.4 Å². The number of nitrogens with one attached hydrogen (secondary N) is 1. The first kappa shape index (κ1) is 19.2. The van der Waals surface area contributed by atoms with Crippen LogP contribution in [0, 0.1) is 5.92 Å². The molecule has 0 saturated heterocycles. The van der Waals surface area contributed by atoms with Crippen LogP contribution >= 0.6 is 11.6 Å². The monoisotopic (exact) mass is 417 g/mol. The number of nitrogens with zero attached hydrogens (tertiary/aromatic N) is 6. The molecular formula is C18H17ClFN7O2. The highest BCUT2D eigenvalue weighted by atomic mass is 35.5. The van der Waals surface area contributed by atoms with Crippen molar-refractivity contribution in [2.75, 3.05) is 13.1 Å². The van der Waals surface area contributed by atoms with Crippen molar-refractivity contribution in [2.45, 2.75) is 18.9 Å². The van der Waals surface area contributed by atoms with Crippen molar-refractivity contribution < 1.29 is 14.3 Å². The van der Waals surface area contributed by atoms with Gasteiger partial charge in [0.2, 0.25) is 5.96 Å². The van der Waals surface area contributed by atoms with E-state index in [2.05, 4.69) is 30.6 Å². The number of hydrogen-bond acceptors (Lipinski definition) is 7. The molecule has 2 atom stereocenters. The predicted molar refractivity (Wildman–Crippen MR) is 106 cm³/mol. The van der Waals surface area contributed by atoms with Gasteiger partial charge in [-0.3, -0.25) is 9.79 Å². The lowest BCUT2D eigenvalue weighted by Crippen LogP contribution is -2.37. The normalized spacial score (nSPS) is 27.0. The third kappa shape index (κ3) is 4.16. The number of guanidine groups is 1. The highest BCUT2D eigenvalue weighted by Crippen LogP contribution is 2.25. The van der Waals surface area contributed by atoms with E-state index < -0.39 is 17.7 Å². The quantitative estimate of drug-likeness (QED) is 0.759. The van der Waals surface area contributed by atoms with Crippen LogP contribution in [0.2, 0.25) is 0 Å². The Kier molecular flexibility index (Phi) is 5.34. The van der Waals surface area contributed by atoms with E-state index in [1.807, 2.05) is 0 Å². The summed E-state index contributed by atoms with van der Waals surface area (Å²) >= 11 is 5.86. The summed E-state index contributed by atoms with van der Waals surface area (Å²) in [4.78, 5) is 24.6. The molecule has 1 aromatic heterocycles. The second-order valence-electron chi connectivity index (χ2n) is 6.70. The summed E-state index contributed by atoms with van der Waals surface area (Å²) in [6.45, 7) is 0.669. The van der Waals surface area contributed by atoms with Gasteiger partial charge in [-0.2, -0.15) is 4.99 Å². The topological polar surface area (TPSA) is 117 Å². The minimum absolute atomic E-state index is 0.0493. The fraction of sp³-hybridized carbons (Fsp3) is 0.333. The number of carboxylic acid groups (broad SMARTS) is 1. The summed E-state index contributed by atoms with van der Waals surface area (Å²) in [6, 6.07) is -0.244. The first-order chi connectivity index (χ1) is 14.0. The van der Waals surface area contributed by atoms with E-state index in [4.69, 9.17) is 11.6 Å². The van der Waals surface area contributed by atoms with Crippen LogP contribution in [0.15, 0.2) is 61.5 Å². The zero-order valence-electron chi connectivity index (χ0n) is 15.2. The van der Waals surface area contributed by atoms with Crippen LogP contribution in [0.1, 0.15) is 12.8 Å². The molecule has 29 heavy (non-hydrogen) atoms. The van der Waals surface area contributed by atoms with Gasteiger partial charge in [0.25, 0.3) is 0 Å². The molecule has 2 N–H and O–H groups in total. The fourth-order valence-corrected chi connectivity index (χ4v) is 3.48. The van der Waals surface area contributed by atoms with E-state index >= 15 is 0 Å². The van der Waals surface area contributed by atoms with Crippen molar-refractivity contribution in [1.29, 1.82) is 0 Å². The Labute approximate surface area is 170 Å². The van der Waals surface area contributed by atoms with Crippen molar-refractivity contribution >= 4 is 35.6 Å². The molecule has 0 amide bonds. The second kappa shape index (κ2) is 8.08. The minimum atomic E-state index is -0.922. The van der Waals surface area contributed by atoms with Gasteiger partial charge in [0.15, 0.2) is 5.84 Å². The van der Waals surface area contributed by atoms with E-state index in [-0.39, 0.29) is 17.6 Å². The Morgan fingerprint density at radius 3 is 2.97 bits per heavy atom. The Bertz CT molecular complexity index is 1010. The lowest BCUT2D eigenvalue weighted by molar-refractivity contribution is -0.139. The predicted octanol–water partition coefficient (Wildman–Crippen LogP) is 1.70. The average molecular weight is 418 g/mol. The maximum absolute atomic E-state index is 13.4. The van der Waals surface area contributed by atoms with Gasteiger partial charge >= 0.3 is 5.97 Å². The molecule has 0 fully saturated rings. The lowest BCUT2D eigenvalue weighted by atomic mass is 9.93. The molecule has 11 heteroatoms. The van der Waals surface area contributed by atoms with Gasteiger partial charge in [0.1, 0.15) is 5.83 Å². The van der Waals surface area contributed by atoms with Crippen LogP contribution < -0.4 is 5.32 Å². The number of carboxylic acids is 1. The Balaban J connectivity index is 1.62. The number of hydrogen-bond donors (Lipinski definition) is 2.